The van der Waals surface area contributed by atoms with Crippen LogP contribution < -0.4 is 15.0 Å². The third kappa shape index (κ3) is 6.85. The molecule has 3 N–H and O–H groups in total. The van der Waals surface area contributed by atoms with Crippen molar-refractivity contribution in [2.45, 2.75) is 45.3 Å². The molecule has 10 nitrogen and oxygen atoms in total. The molecule has 1 fully saturated rings. The lowest BCUT2D eigenvalue weighted by Crippen LogP contribution is -2.38. The normalized spacial score (nSPS) is 14.6. The summed E-state index contributed by atoms with van der Waals surface area (Å²) < 4.78 is 26.6. The van der Waals surface area contributed by atoms with Gasteiger partial charge in [-0.1, -0.05) is 0 Å². The van der Waals surface area contributed by atoms with E-state index in [0.717, 1.165) is 6.54 Å². The van der Waals surface area contributed by atoms with E-state index in [1.165, 1.54) is 12.4 Å². The molecule has 5 rings (SSSR count). The molecule has 11 heteroatoms. The van der Waals surface area contributed by atoms with Crippen molar-refractivity contribution in [3.05, 3.63) is 54.1 Å². The molecule has 4 aromatic rings. The Morgan fingerprint density at radius 3 is 2.64 bits per heavy atom. The number of morpholine rings is 1. The predicted molar refractivity (Wildman–Crippen MR) is 159 cm³/mol. The molecule has 1 aliphatic heterocycles. The number of imidazole rings is 1. The summed E-state index contributed by atoms with van der Waals surface area (Å²) in [5, 5.41) is 22.9. The van der Waals surface area contributed by atoms with Crippen molar-refractivity contribution in [2.24, 2.45) is 0 Å². The minimum absolute atomic E-state index is 0.0128. The standard InChI is InChI=1S/C31H36FN7O3/c1-31(2,3)36-10-8-23(9-13-40)42-26-7-5-20(16-22(26)18-33)27-28-30(35-19-34-27)38-29(37-28)21-4-6-25(24(32)17-21)39-11-14-41-15-12-39/h4-7,16-17,19,23,36,40H,8-15H2,1-3H3,(H,34,35,37,38). The first kappa shape index (κ1) is 29.4. The first-order chi connectivity index (χ1) is 20.3. The number of nitriles is 1. The van der Waals surface area contributed by atoms with Crippen molar-refractivity contribution in [3.63, 3.8) is 0 Å². The van der Waals surface area contributed by atoms with Crippen molar-refractivity contribution >= 4 is 16.9 Å². The lowest BCUT2D eigenvalue weighted by molar-refractivity contribution is 0.122. The summed E-state index contributed by atoms with van der Waals surface area (Å²) >= 11 is 0. The maximum atomic E-state index is 15.1. The van der Waals surface area contributed by atoms with E-state index in [9.17, 15) is 10.4 Å². The molecule has 0 aliphatic carbocycles. The van der Waals surface area contributed by atoms with E-state index in [1.807, 2.05) is 17.0 Å². The van der Waals surface area contributed by atoms with Crippen molar-refractivity contribution in [1.29, 1.82) is 5.26 Å². The Labute approximate surface area is 244 Å². The molecular formula is C31H36FN7O3. The number of aromatic nitrogens is 4. The quantitative estimate of drug-likeness (QED) is 0.252. The molecule has 2 aromatic carbocycles. The number of aromatic amines is 1. The highest BCUT2D eigenvalue weighted by molar-refractivity contribution is 5.89. The van der Waals surface area contributed by atoms with Crippen molar-refractivity contribution in [2.75, 3.05) is 44.4 Å². The summed E-state index contributed by atoms with van der Waals surface area (Å²) in [5.74, 6) is 0.585. The zero-order valence-electron chi connectivity index (χ0n) is 24.2. The fraction of sp³-hybridized carbons (Fsp3) is 0.419. The van der Waals surface area contributed by atoms with Gasteiger partial charge in [-0.05, 0) is 70.1 Å². The number of anilines is 1. The SMILES string of the molecule is CC(C)(C)NCCC(CCO)Oc1ccc(-c2ncnc3nc(-c4ccc(N5CCOCC5)c(F)c4)[nH]c23)cc1C#N. The average molecular weight is 574 g/mol. The van der Waals surface area contributed by atoms with Crippen LogP contribution in [0.5, 0.6) is 5.75 Å². The number of hydrogen-bond donors (Lipinski definition) is 3. The molecule has 3 heterocycles. The van der Waals surface area contributed by atoms with Gasteiger partial charge in [-0.25, -0.2) is 19.3 Å². The molecule has 0 radical (unpaired) electrons. The first-order valence-corrected chi connectivity index (χ1v) is 14.2. The van der Waals surface area contributed by atoms with Gasteiger partial charge in [-0.15, -0.1) is 0 Å². The van der Waals surface area contributed by atoms with Crippen LogP contribution in [0.15, 0.2) is 42.7 Å². The lowest BCUT2D eigenvalue weighted by atomic mass is 10.1. The van der Waals surface area contributed by atoms with E-state index >= 15 is 4.39 Å². The van der Waals surface area contributed by atoms with E-state index < -0.39 is 0 Å². The van der Waals surface area contributed by atoms with Crippen molar-refractivity contribution in [3.8, 4) is 34.5 Å². The Balaban J connectivity index is 1.39. The van der Waals surface area contributed by atoms with Crippen LogP contribution in [0, 0.1) is 17.1 Å². The predicted octanol–water partition coefficient (Wildman–Crippen LogP) is 4.44. The second kappa shape index (κ2) is 12.8. The van der Waals surface area contributed by atoms with Crippen LogP contribution in [0.3, 0.4) is 0 Å². The Kier molecular flexibility index (Phi) is 8.97. The Hall–Kier alpha value is -4.11. The number of aliphatic hydroxyl groups excluding tert-OH is 1. The second-order valence-electron chi connectivity index (χ2n) is 11.3. The monoisotopic (exact) mass is 573 g/mol. The summed E-state index contributed by atoms with van der Waals surface area (Å²) in [6, 6.07) is 12.6. The summed E-state index contributed by atoms with van der Waals surface area (Å²) in [5.41, 5.74) is 3.71. The number of rotatable bonds is 10. The van der Waals surface area contributed by atoms with Gasteiger partial charge in [-0.3, -0.25) is 0 Å². The van der Waals surface area contributed by atoms with E-state index in [2.05, 4.69) is 52.1 Å². The summed E-state index contributed by atoms with van der Waals surface area (Å²) in [6.45, 7) is 9.42. The van der Waals surface area contributed by atoms with Crippen molar-refractivity contribution < 1.29 is 19.0 Å². The van der Waals surface area contributed by atoms with Gasteiger partial charge >= 0.3 is 0 Å². The van der Waals surface area contributed by atoms with Crippen LogP contribution in [-0.2, 0) is 4.74 Å². The maximum absolute atomic E-state index is 15.1. The number of nitrogens with one attached hydrogen (secondary N) is 2. The van der Waals surface area contributed by atoms with Crippen molar-refractivity contribution in [1.82, 2.24) is 25.3 Å². The Morgan fingerprint density at radius 1 is 1.14 bits per heavy atom. The molecule has 42 heavy (non-hydrogen) atoms. The third-order valence-corrected chi connectivity index (χ3v) is 7.10. The number of aliphatic hydroxyl groups is 1. The second-order valence-corrected chi connectivity index (χ2v) is 11.3. The molecule has 0 amide bonds. The summed E-state index contributed by atoms with van der Waals surface area (Å²) in [6.07, 6.45) is 2.30. The van der Waals surface area contributed by atoms with Gasteiger partial charge in [0.2, 0.25) is 0 Å². The number of fused-ring (bicyclic) bond motifs is 1. The van der Waals surface area contributed by atoms with Crippen LogP contribution in [0.25, 0.3) is 33.8 Å². The van der Waals surface area contributed by atoms with Crippen LogP contribution in [0.4, 0.5) is 10.1 Å². The van der Waals surface area contributed by atoms with Crippen LogP contribution in [0.1, 0.15) is 39.2 Å². The molecule has 1 aliphatic rings. The fourth-order valence-corrected chi connectivity index (χ4v) is 4.96. The molecular weight excluding hydrogens is 537 g/mol. The number of hydrogen-bond acceptors (Lipinski definition) is 9. The minimum Gasteiger partial charge on any atom is -0.489 e. The largest absolute Gasteiger partial charge is 0.489 e. The fourth-order valence-electron chi connectivity index (χ4n) is 4.96. The highest BCUT2D eigenvalue weighted by Crippen LogP contribution is 2.32. The first-order valence-electron chi connectivity index (χ1n) is 14.2. The van der Waals surface area contributed by atoms with E-state index in [-0.39, 0.29) is 24.1 Å². The smallest absolute Gasteiger partial charge is 0.181 e. The van der Waals surface area contributed by atoms with E-state index in [4.69, 9.17) is 9.47 Å². The van der Waals surface area contributed by atoms with Gasteiger partial charge in [0, 0.05) is 42.8 Å². The maximum Gasteiger partial charge on any atom is 0.181 e. The number of H-pyrrole nitrogens is 1. The number of benzene rings is 2. The lowest BCUT2D eigenvalue weighted by Gasteiger charge is -2.29. The number of halogens is 1. The van der Waals surface area contributed by atoms with Crippen LogP contribution >= 0.6 is 0 Å². The minimum atomic E-state index is -0.330. The van der Waals surface area contributed by atoms with Gasteiger partial charge in [-0.2, -0.15) is 5.26 Å². The highest BCUT2D eigenvalue weighted by Gasteiger charge is 2.20. The zero-order chi connectivity index (χ0) is 29.7. The molecule has 1 unspecified atom stereocenters. The molecule has 2 aromatic heterocycles. The van der Waals surface area contributed by atoms with Gasteiger partial charge in [0.05, 0.1) is 30.2 Å². The van der Waals surface area contributed by atoms with E-state index in [1.54, 1.807) is 18.2 Å². The van der Waals surface area contributed by atoms with E-state index in [0.29, 0.717) is 90.0 Å². The highest BCUT2D eigenvalue weighted by atomic mass is 19.1. The topological polar surface area (TPSA) is 132 Å². The third-order valence-electron chi connectivity index (χ3n) is 7.10. The Bertz CT molecular complexity index is 1570. The zero-order valence-corrected chi connectivity index (χ0v) is 24.2. The van der Waals surface area contributed by atoms with Gasteiger partial charge in [0.25, 0.3) is 0 Å². The van der Waals surface area contributed by atoms with Crippen LogP contribution in [-0.4, -0.2) is 76.1 Å². The molecule has 1 saturated heterocycles. The summed E-state index contributed by atoms with van der Waals surface area (Å²) in [7, 11) is 0. The van der Waals surface area contributed by atoms with Gasteiger partial charge in [0.1, 0.15) is 41.4 Å². The average Bonchev–Trinajstić information content (AvgIpc) is 3.42. The van der Waals surface area contributed by atoms with Gasteiger partial charge < -0.3 is 29.8 Å². The Morgan fingerprint density at radius 2 is 1.93 bits per heavy atom. The van der Waals surface area contributed by atoms with Crippen LogP contribution in [0.2, 0.25) is 0 Å². The number of ether oxygens (including phenoxy) is 2. The molecule has 0 bridgehead atoms. The number of nitrogens with zero attached hydrogens (tertiary/aromatic N) is 5. The molecule has 0 saturated carbocycles. The summed E-state index contributed by atoms with van der Waals surface area (Å²) in [4.78, 5) is 18.6. The van der Waals surface area contributed by atoms with Gasteiger partial charge in [0.15, 0.2) is 5.65 Å². The molecule has 1 atom stereocenters. The molecule has 0 spiro atoms. The molecule has 220 valence electrons.